The molecule has 1 saturated heterocycles. The van der Waals surface area contributed by atoms with E-state index in [1.807, 2.05) is 31.2 Å². The average Bonchev–Trinajstić information content (AvgIpc) is 3.27. The number of nitrogens with one attached hydrogen (secondary N) is 1. The molecule has 1 aliphatic heterocycles. The number of para-hydroxylation sites is 1. The molecule has 0 aliphatic carbocycles. The predicted molar refractivity (Wildman–Crippen MR) is 111 cm³/mol. The molecule has 8 heteroatoms. The van der Waals surface area contributed by atoms with Gasteiger partial charge >= 0.3 is 0 Å². The van der Waals surface area contributed by atoms with Crippen LogP contribution in [-0.4, -0.2) is 63.0 Å². The third-order valence-electron chi connectivity index (χ3n) is 5.27. The first kappa shape index (κ1) is 19.9. The summed E-state index contributed by atoms with van der Waals surface area (Å²) in [5.74, 6) is -0.363. The summed E-state index contributed by atoms with van der Waals surface area (Å²) >= 11 is 0. The molecular weight excluding hydrogens is 382 g/mol. The van der Waals surface area contributed by atoms with Crippen LogP contribution in [0.1, 0.15) is 44.6 Å². The summed E-state index contributed by atoms with van der Waals surface area (Å²) in [5.41, 5.74) is 3.14. The molecule has 3 aromatic rings. The lowest BCUT2D eigenvalue weighted by Crippen LogP contribution is -2.29. The van der Waals surface area contributed by atoms with Gasteiger partial charge in [0.15, 0.2) is 0 Å². The summed E-state index contributed by atoms with van der Waals surface area (Å²) in [7, 11) is 0. The van der Waals surface area contributed by atoms with E-state index in [1.54, 1.807) is 17.2 Å². The quantitative estimate of drug-likeness (QED) is 0.669. The average molecular weight is 405 g/mol. The molecular formula is C22H23N5O3. The second kappa shape index (κ2) is 8.54. The summed E-state index contributed by atoms with van der Waals surface area (Å²) in [6.07, 6.45) is 3.85. The Hall–Kier alpha value is -3.39. The maximum atomic E-state index is 12.8. The van der Waals surface area contributed by atoms with Gasteiger partial charge in [-0.1, -0.05) is 18.2 Å². The molecule has 0 unspecified atom stereocenters. The minimum Gasteiger partial charge on any atom is -0.395 e. The van der Waals surface area contributed by atoms with E-state index in [4.69, 9.17) is 10.1 Å². The van der Waals surface area contributed by atoms with Crippen molar-refractivity contribution >= 4 is 22.7 Å². The monoisotopic (exact) mass is 405 g/mol. The predicted octanol–water partition coefficient (Wildman–Crippen LogP) is 1.69. The number of benzene rings is 1. The molecule has 0 saturated carbocycles. The van der Waals surface area contributed by atoms with Crippen LogP contribution in [0.4, 0.5) is 0 Å². The first-order valence-electron chi connectivity index (χ1n) is 9.93. The zero-order chi connectivity index (χ0) is 21.1. The van der Waals surface area contributed by atoms with Crippen LogP contribution < -0.4 is 5.32 Å². The molecule has 4 rings (SSSR count). The van der Waals surface area contributed by atoms with Gasteiger partial charge in [0, 0.05) is 42.8 Å². The molecule has 30 heavy (non-hydrogen) atoms. The number of aryl methyl sites for hydroxylation is 1. The number of carbonyl (C=O) groups excluding carboxylic acids is 2. The highest BCUT2D eigenvalue weighted by atomic mass is 16.3. The minimum absolute atomic E-state index is 0.0290. The van der Waals surface area contributed by atoms with Gasteiger partial charge < -0.3 is 15.3 Å². The second-order valence-corrected chi connectivity index (χ2v) is 7.37. The van der Waals surface area contributed by atoms with E-state index in [2.05, 4.69) is 15.3 Å². The summed E-state index contributed by atoms with van der Waals surface area (Å²) in [5, 5.41) is 12.5. The Kier molecular flexibility index (Phi) is 5.67. The zero-order valence-electron chi connectivity index (χ0n) is 16.7. The van der Waals surface area contributed by atoms with Crippen LogP contribution in [0.5, 0.6) is 0 Å². The fraction of sp³-hybridized carbons (Fsp3) is 0.318. The summed E-state index contributed by atoms with van der Waals surface area (Å²) in [6, 6.07) is 9.29. The lowest BCUT2D eigenvalue weighted by Gasteiger charge is -2.17. The van der Waals surface area contributed by atoms with Gasteiger partial charge in [-0.3, -0.25) is 19.6 Å². The van der Waals surface area contributed by atoms with Crippen molar-refractivity contribution in [2.45, 2.75) is 19.3 Å². The van der Waals surface area contributed by atoms with Crippen LogP contribution in [0, 0.1) is 6.92 Å². The Morgan fingerprint density at radius 3 is 2.83 bits per heavy atom. The van der Waals surface area contributed by atoms with E-state index < -0.39 is 0 Å². The third-order valence-corrected chi connectivity index (χ3v) is 5.27. The fourth-order valence-electron chi connectivity index (χ4n) is 3.71. The molecule has 154 valence electrons. The van der Waals surface area contributed by atoms with Crippen molar-refractivity contribution in [2.75, 3.05) is 26.2 Å². The molecule has 2 aromatic heterocycles. The Bertz CT molecular complexity index is 1080. The molecule has 2 amide bonds. The van der Waals surface area contributed by atoms with E-state index in [9.17, 15) is 9.59 Å². The largest absolute Gasteiger partial charge is 0.395 e. The van der Waals surface area contributed by atoms with E-state index in [0.29, 0.717) is 24.3 Å². The topological polar surface area (TPSA) is 108 Å². The number of aliphatic hydroxyl groups is 1. The van der Waals surface area contributed by atoms with Crippen LogP contribution in [0.25, 0.3) is 10.9 Å². The van der Waals surface area contributed by atoms with Gasteiger partial charge in [-0.15, -0.1) is 0 Å². The van der Waals surface area contributed by atoms with Crippen molar-refractivity contribution in [3.05, 3.63) is 65.4 Å². The lowest BCUT2D eigenvalue weighted by atomic mass is 9.99. The van der Waals surface area contributed by atoms with E-state index >= 15 is 0 Å². The first-order valence-corrected chi connectivity index (χ1v) is 9.93. The van der Waals surface area contributed by atoms with Crippen molar-refractivity contribution in [3.8, 4) is 0 Å². The Morgan fingerprint density at radius 1 is 1.23 bits per heavy atom. The van der Waals surface area contributed by atoms with Gasteiger partial charge in [-0.25, -0.2) is 4.98 Å². The maximum absolute atomic E-state index is 12.8. The van der Waals surface area contributed by atoms with Crippen molar-refractivity contribution in [1.29, 1.82) is 0 Å². The Labute approximate surface area is 174 Å². The Morgan fingerprint density at radius 2 is 2.07 bits per heavy atom. The number of amides is 2. The summed E-state index contributed by atoms with van der Waals surface area (Å²) < 4.78 is 0. The number of hydrogen-bond acceptors (Lipinski definition) is 6. The van der Waals surface area contributed by atoms with E-state index in [0.717, 1.165) is 28.7 Å². The van der Waals surface area contributed by atoms with Crippen molar-refractivity contribution in [3.63, 3.8) is 0 Å². The number of fused-ring (bicyclic) bond motifs is 1. The number of nitrogens with zero attached hydrogens (tertiary/aromatic N) is 4. The first-order chi connectivity index (χ1) is 14.6. The summed E-state index contributed by atoms with van der Waals surface area (Å²) in [6.45, 7) is 3.00. The van der Waals surface area contributed by atoms with E-state index in [1.165, 1.54) is 6.20 Å². The number of carbonyl (C=O) groups is 2. The molecule has 1 aromatic carbocycles. The maximum Gasteiger partial charge on any atom is 0.274 e. The minimum atomic E-state index is -0.246. The highest BCUT2D eigenvalue weighted by Crippen LogP contribution is 2.30. The summed E-state index contributed by atoms with van der Waals surface area (Å²) in [4.78, 5) is 40.3. The van der Waals surface area contributed by atoms with Crippen LogP contribution in [0.15, 0.2) is 42.7 Å². The normalized spacial score (nSPS) is 16.1. The molecule has 1 atom stereocenters. The van der Waals surface area contributed by atoms with Crippen LogP contribution in [-0.2, 0) is 0 Å². The molecule has 1 fully saturated rings. The van der Waals surface area contributed by atoms with Crippen LogP contribution in [0.2, 0.25) is 0 Å². The smallest absolute Gasteiger partial charge is 0.274 e. The van der Waals surface area contributed by atoms with Crippen molar-refractivity contribution in [2.24, 2.45) is 0 Å². The Balaban J connectivity index is 1.59. The van der Waals surface area contributed by atoms with Crippen molar-refractivity contribution in [1.82, 2.24) is 25.2 Å². The highest BCUT2D eigenvalue weighted by Gasteiger charge is 2.30. The van der Waals surface area contributed by atoms with Gasteiger partial charge in [0.2, 0.25) is 0 Å². The second-order valence-electron chi connectivity index (χ2n) is 7.37. The molecule has 3 heterocycles. The van der Waals surface area contributed by atoms with Crippen molar-refractivity contribution < 1.29 is 14.7 Å². The molecule has 0 radical (unpaired) electrons. The number of likely N-dealkylation sites (tertiary alicyclic amines) is 1. The zero-order valence-corrected chi connectivity index (χ0v) is 16.7. The number of hydrogen-bond donors (Lipinski definition) is 2. The van der Waals surface area contributed by atoms with Gasteiger partial charge in [-0.2, -0.15) is 0 Å². The standard InChI is InChI=1S/C22H23N5O3/c1-14-11-25-20(12-24-14)22(30)27-8-6-15(13-27)19-10-17(21(29)23-7-9-28)16-4-2-3-5-18(16)26-19/h2-5,10-12,15,28H,6-9,13H2,1H3,(H,23,29)/t15-/m1/s1. The highest BCUT2D eigenvalue weighted by molar-refractivity contribution is 6.06. The number of pyridine rings is 1. The van der Waals surface area contributed by atoms with Crippen LogP contribution >= 0.6 is 0 Å². The SMILES string of the molecule is Cc1cnc(C(=O)N2CC[C@@H](c3cc(C(=O)NCCO)c4ccccc4n3)C2)cn1. The third kappa shape index (κ3) is 3.99. The van der Waals surface area contributed by atoms with E-state index in [-0.39, 0.29) is 30.9 Å². The molecule has 8 nitrogen and oxygen atoms in total. The molecule has 0 bridgehead atoms. The van der Waals surface area contributed by atoms with Gasteiger partial charge in [0.1, 0.15) is 5.69 Å². The number of aromatic nitrogens is 3. The lowest BCUT2D eigenvalue weighted by molar-refractivity contribution is 0.0784. The molecule has 2 N–H and O–H groups in total. The number of aliphatic hydroxyl groups excluding tert-OH is 1. The van der Waals surface area contributed by atoms with Gasteiger partial charge in [-0.05, 0) is 25.5 Å². The van der Waals surface area contributed by atoms with Gasteiger partial charge in [0.05, 0.1) is 29.6 Å². The molecule has 1 aliphatic rings. The fourth-order valence-corrected chi connectivity index (χ4v) is 3.71. The molecule has 0 spiro atoms. The van der Waals surface area contributed by atoms with Gasteiger partial charge in [0.25, 0.3) is 11.8 Å². The number of rotatable bonds is 5. The van der Waals surface area contributed by atoms with Crippen LogP contribution in [0.3, 0.4) is 0 Å².